The van der Waals surface area contributed by atoms with Crippen molar-refractivity contribution in [2.75, 3.05) is 7.05 Å². The number of benzene rings is 1. The summed E-state index contributed by atoms with van der Waals surface area (Å²) >= 11 is 0. The maximum atomic E-state index is 13.5. The summed E-state index contributed by atoms with van der Waals surface area (Å²) in [6.45, 7) is 14.3. The molecule has 0 aromatic heterocycles. The minimum absolute atomic E-state index is 0.0520. The molecule has 0 bridgehead atoms. The van der Waals surface area contributed by atoms with Crippen LogP contribution in [-0.2, 0) is 0 Å². The molecule has 22 heavy (non-hydrogen) atoms. The van der Waals surface area contributed by atoms with Gasteiger partial charge in [0.05, 0.1) is 17.5 Å². The Hall–Kier alpha value is -2.36. The number of fused-ring (bicyclic) bond motifs is 1. The number of piperidine rings is 1. The van der Waals surface area contributed by atoms with Crippen molar-refractivity contribution in [1.29, 1.82) is 0 Å². The molecule has 0 N–H and O–H groups in total. The fraction of sp³-hybridized carbons (Fsp3) is 0.278. The van der Waals surface area contributed by atoms with E-state index in [0.29, 0.717) is 0 Å². The van der Waals surface area contributed by atoms with Crippen LogP contribution in [0.15, 0.2) is 54.4 Å². The van der Waals surface area contributed by atoms with Crippen molar-refractivity contribution in [3.05, 3.63) is 66.3 Å². The number of hydrogen-bond acceptors (Lipinski definition) is 3. The molecule has 4 heteroatoms. The van der Waals surface area contributed by atoms with Crippen LogP contribution in [0.3, 0.4) is 0 Å². The smallest absolute Gasteiger partial charge is 0.123 e. The van der Waals surface area contributed by atoms with Crippen molar-refractivity contribution >= 4 is 11.4 Å². The second-order valence-corrected chi connectivity index (χ2v) is 5.84. The van der Waals surface area contributed by atoms with Crippen molar-refractivity contribution in [1.82, 2.24) is 9.91 Å². The van der Waals surface area contributed by atoms with Crippen LogP contribution in [-0.4, -0.2) is 28.7 Å². The molecule has 2 aliphatic rings. The summed E-state index contributed by atoms with van der Waals surface area (Å²) in [6.07, 6.45) is 1.79. The fourth-order valence-corrected chi connectivity index (χ4v) is 3.05. The second-order valence-electron chi connectivity index (χ2n) is 5.84. The van der Waals surface area contributed by atoms with Crippen LogP contribution in [0.4, 0.5) is 4.39 Å². The Morgan fingerprint density at radius 1 is 1.23 bits per heavy atom. The third kappa shape index (κ3) is 2.15. The summed E-state index contributed by atoms with van der Waals surface area (Å²) in [5.41, 5.74) is 5.33. The van der Waals surface area contributed by atoms with Crippen molar-refractivity contribution < 1.29 is 4.39 Å². The van der Waals surface area contributed by atoms with E-state index in [1.54, 1.807) is 6.07 Å². The molecule has 1 atom stereocenters. The molecule has 2 aliphatic heterocycles. The highest BCUT2D eigenvalue weighted by Gasteiger charge is 2.32. The minimum Gasteiger partial charge on any atom is -0.351 e. The summed E-state index contributed by atoms with van der Waals surface area (Å²) < 4.78 is 13.5. The van der Waals surface area contributed by atoms with E-state index < -0.39 is 0 Å². The molecular formula is C18H20FN3. The first-order valence-corrected chi connectivity index (χ1v) is 7.34. The average molecular weight is 297 g/mol. The number of halogens is 1. The van der Waals surface area contributed by atoms with E-state index >= 15 is 0 Å². The van der Waals surface area contributed by atoms with Gasteiger partial charge in [0, 0.05) is 29.6 Å². The standard InChI is InChI=1S/C18H20FN3/c1-11-6-9-18(14(4)21(11)5)22-13(3)16-8-7-15(19)10-17(16)12(2)20-22/h7-8,10,18H,1,3-4,6,9H2,2,5H3. The number of nitrogens with zero attached hydrogens (tertiary/aromatic N) is 3. The first-order valence-electron chi connectivity index (χ1n) is 7.34. The molecule has 1 unspecified atom stereocenters. The van der Waals surface area contributed by atoms with Gasteiger partial charge in [-0.1, -0.05) is 19.7 Å². The van der Waals surface area contributed by atoms with Crippen LogP contribution >= 0.6 is 0 Å². The third-order valence-corrected chi connectivity index (χ3v) is 4.51. The van der Waals surface area contributed by atoms with Crippen LogP contribution in [0.1, 0.15) is 30.9 Å². The van der Waals surface area contributed by atoms with Gasteiger partial charge in [0.1, 0.15) is 5.82 Å². The van der Waals surface area contributed by atoms with Crippen molar-refractivity contribution in [3.63, 3.8) is 0 Å². The van der Waals surface area contributed by atoms with Crippen molar-refractivity contribution in [2.45, 2.75) is 25.8 Å². The zero-order valence-corrected chi connectivity index (χ0v) is 13.1. The molecule has 0 saturated carbocycles. The van der Waals surface area contributed by atoms with Gasteiger partial charge in [0.25, 0.3) is 0 Å². The number of rotatable bonds is 1. The predicted molar refractivity (Wildman–Crippen MR) is 88.5 cm³/mol. The average Bonchev–Trinajstić information content (AvgIpc) is 2.49. The normalized spacial score (nSPS) is 21.9. The van der Waals surface area contributed by atoms with E-state index in [1.807, 2.05) is 23.9 Å². The zero-order valence-electron chi connectivity index (χ0n) is 13.1. The Balaban J connectivity index is 1.99. The summed E-state index contributed by atoms with van der Waals surface area (Å²) in [5, 5.41) is 6.56. The Kier molecular flexibility index (Phi) is 3.39. The second kappa shape index (κ2) is 5.13. The van der Waals surface area contributed by atoms with Crippen LogP contribution in [0.5, 0.6) is 0 Å². The van der Waals surface area contributed by atoms with Crippen LogP contribution in [0.2, 0.25) is 0 Å². The molecule has 0 aliphatic carbocycles. The van der Waals surface area contributed by atoms with E-state index in [1.165, 1.54) is 12.1 Å². The van der Waals surface area contributed by atoms with E-state index in [4.69, 9.17) is 0 Å². The van der Waals surface area contributed by atoms with E-state index in [-0.39, 0.29) is 11.9 Å². The molecule has 1 aromatic rings. The molecule has 1 aromatic carbocycles. The Morgan fingerprint density at radius 3 is 2.68 bits per heavy atom. The van der Waals surface area contributed by atoms with E-state index in [9.17, 15) is 4.39 Å². The van der Waals surface area contributed by atoms with Gasteiger partial charge in [0.2, 0.25) is 0 Å². The van der Waals surface area contributed by atoms with Crippen molar-refractivity contribution in [3.8, 4) is 0 Å². The molecule has 1 fully saturated rings. The quantitative estimate of drug-likeness (QED) is 0.781. The number of hydrazone groups is 1. The highest BCUT2D eigenvalue weighted by molar-refractivity contribution is 6.04. The maximum Gasteiger partial charge on any atom is 0.123 e. The largest absolute Gasteiger partial charge is 0.351 e. The first-order chi connectivity index (χ1) is 10.4. The summed E-state index contributed by atoms with van der Waals surface area (Å²) in [6, 6.07) is 4.80. The van der Waals surface area contributed by atoms with Gasteiger partial charge in [-0.05, 0) is 38.0 Å². The fourth-order valence-electron chi connectivity index (χ4n) is 3.05. The van der Waals surface area contributed by atoms with Gasteiger partial charge in [0.15, 0.2) is 0 Å². The number of likely N-dealkylation sites (N-methyl/N-ethyl adjacent to an activating group) is 1. The van der Waals surface area contributed by atoms with Crippen molar-refractivity contribution in [2.24, 2.45) is 5.10 Å². The SMILES string of the molecule is C=C1CCC(N2N=C(C)c3cc(F)ccc3C2=C)C(=C)N1C. The minimum atomic E-state index is -0.257. The summed E-state index contributed by atoms with van der Waals surface area (Å²) in [7, 11) is 1.98. The summed E-state index contributed by atoms with van der Waals surface area (Å²) in [5.74, 6) is -0.257. The molecule has 0 amide bonds. The lowest BCUT2D eigenvalue weighted by molar-refractivity contribution is 0.249. The molecule has 1 saturated heterocycles. The lowest BCUT2D eigenvalue weighted by Gasteiger charge is -2.42. The Labute approximate surface area is 130 Å². The highest BCUT2D eigenvalue weighted by atomic mass is 19.1. The topological polar surface area (TPSA) is 18.8 Å². The molecule has 0 radical (unpaired) electrons. The molecule has 3 rings (SSSR count). The lowest BCUT2D eigenvalue weighted by atomic mass is 9.95. The van der Waals surface area contributed by atoms with Gasteiger partial charge < -0.3 is 4.90 Å². The van der Waals surface area contributed by atoms with Crippen LogP contribution in [0.25, 0.3) is 5.70 Å². The predicted octanol–water partition coefficient (Wildman–Crippen LogP) is 3.96. The van der Waals surface area contributed by atoms with E-state index in [0.717, 1.165) is 46.8 Å². The van der Waals surface area contributed by atoms with E-state index in [2.05, 4.69) is 24.8 Å². The van der Waals surface area contributed by atoms with Gasteiger partial charge >= 0.3 is 0 Å². The number of allylic oxidation sites excluding steroid dienone is 1. The van der Waals surface area contributed by atoms with Gasteiger partial charge in [-0.2, -0.15) is 5.10 Å². The van der Waals surface area contributed by atoms with Gasteiger partial charge in [-0.3, -0.25) is 5.01 Å². The number of hydrogen-bond donors (Lipinski definition) is 0. The van der Waals surface area contributed by atoms with Gasteiger partial charge in [-0.15, -0.1) is 0 Å². The summed E-state index contributed by atoms with van der Waals surface area (Å²) in [4.78, 5) is 2.02. The molecule has 0 spiro atoms. The molecule has 114 valence electrons. The Bertz CT molecular complexity index is 717. The Morgan fingerprint density at radius 2 is 1.95 bits per heavy atom. The lowest BCUT2D eigenvalue weighted by Crippen LogP contribution is -2.41. The first kappa shape index (κ1) is 14.6. The van der Waals surface area contributed by atoms with Crippen LogP contribution in [0, 0.1) is 5.82 Å². The monoisotopic (exact) mass is 297 g/mol. The molecule has 2 heterocycles. The van der Waals surface area contributed by atoms with Crippen LogP contribution < -0.4 is 0 Å². The molecule has 3 nitrogen and oxygen atoms in total. The maximum absolute atomic E-state index is 13.5. The zero-order chi connectivity index (χ0) is 16.0. The highest BCUT2D eigenvalue weighted by Crippen LogP contribution is 2.36. The third-order valence-electron chi connectivity index (χ3n) is 4.51. The van der Waals surface area contributed by atoms with Gasteiger partial charge in [-0.25, -0.2) is 4.39 Å². The molecular weight excluding hydrogens is 277 g/mol. The number of likely N-dealkylation sites (tertiary alicyclic amines) is 1.